The Kier molecular flexibility index (Phi) is 6.80. The number of rotatable bonds is 7. The first kappa shape index (κ1) is 17.7. The highest BCUT2D eigenvalue weighted by atomic mass is 19.1. The third-order valence-electron chi connectivity index (χ3n) is 4.03. The largest absolute Gasteiger partial charge is 0.491 e. The SMILES string of the molecule is CC1CCN(CC(=O)NCC(O)COc2ccc(F)cc2)CC1. The minimum Gasteiger partial charge on any atom is -0.491 e. The average molecular weight is 324 g/mol. The van der Waals surface area contributed by atoms with Gasteiger partial charge in [-0.1, -0.05) is 6.92 Å². The molecule has 1 saturated heterocycles. The molecular formula is C17H25FN2O3. The molecule has 0 aromatic heterocycles. The van der Waals surface area contributed by atoms with Gasteiger partial charge in [-0.05, 0) is 56.1 Å². The van der Waals surface area contributed by atoms with Gasteiger partial charge in [0.05, 0.1) is 6.54 Å². The number of hydrogen-bond acceptors (Lipinski definition) is 4. The molecule has 1 atom stereocenters. The molecular weight excluding hydrogens is 299 g/mol. The predicted molar refractivity (Wildman–Crippen MR) is 85.7 cm³/mol. The molecule has 1 unspecified atom stereocenters. The first-order valence-electron chi connectivity index (χ1n) is 8.08. The van der Waals surface area contributed by atoms with Gasteiger partial charge in [0, 0.05) is 6.54 Å². The zero-order chi connectivity index (χ0) is 16.7. The lowest BCUT2D eigenvalue weighted by Crippen LogP contribution is -2.43. The number of benzene rings is 1. The highest BCUT2D eigenvalue weighted by molar-refractivity contribution is 5.78. The van der Waals surface area contributed by atoms with Crippen molar-refractivity contribution in [1.82, 2.24) is 10.2 Å². The summed E-state index contributed by atoms with van der Waals surface area (Å²) in [6, 6.07) is 5.59. The number of aliphatic hydroxyl groups excluding tert-OH is 1. The summed E-state index contributed by atoms with van der Waals surface area (Å²) >= 11 is 0. The maximum Gasteiger partial charge on any atom is 0.234 e. The van der Waals surface area contributed by atoms with Crippen molar-refractivity contribution in [2.24, 2.45) is 5.92 Å². The molecule has 1 amide bonds. The maximum atomic E-state index is 12.8. The Balaban J connectivity index is 1.60. The first-order valence-corrected chi connectivity index (χ1v) is 8.08. The van der Waals surface area contributed by atoms with Gasteiger partial charge in [0.2, 0.25) is 5.91 Å². The van der Waals surface area contributed by atoms with Gasteiger partial charge >= 0.3 is 0 Å². The van der Waals surface area contributed by atoms with E-state index in [1.165, 1.54) is 24.3 Å². The number of nitrogens with one attached hydrogen (secondary N) is 1. The molecule has 0 radical (unpaired) electrons. The number of halogens is 1. The standard InChI is InChI=1S/C17H25FN2O3/c1-13-6-8-20(9-7-13)11-17(22)19-10-15(21)12-23-16-4-2-14(18)3-5-16/h2-5,13,15,21H,6-12H2,1H3,(H,19,22). The fraction of sp³-hybridized carbons (Fsp3) is 0.588. The smallest absolute Gasteiger partial charge is 0.234 e. The van der Waals surface area contributed by atoms with Crippen molar-refractivity contribution in [3.8, 4) is 5.75 Å². The van der Waals surface area contributed by atoms with E-state index in [-0.39, 0.29) is 24.9 Å². The second kappa shape index (κ2) is 8.84. The lowest BCUT2D eigenvalue weighted by molar-refractivity contribution is -0.123. The third kappa shape index (κ3) is 6.54. The number of piperidine rings is 1. The van der Waals surface area contributed by atoms with E-state index < -0.39 is 6.10 Å². The van der Waals surface area contributed by atoms with Crippen molar-refractivity contribution in [2.75, 3.05) is 32.8 Å². The number of hydrogen-bond donors (Lipinski definition) is 2. The molecule has 23 heavy (non-hydrogen) atoms. The fourth-order valence-electron chi connectivity index (χ4n) is 2.49. The number of carbonyl (C=O) groups excluding carboxylic acids is 1. The van der Waals surface area contributed by atoms with E-state index in [0.29, 0.717) is 12.3 Å². The lowest BCUT2D eigenvalue weighted by atomic mass is 9.99. The molecule has 2 rings (SSSR count). The summed E-state index contributed by atoms with van der Waals surface area (Å²) in [7, 11) is 0. The van der Waals surface area contributed by atoms with Crippen molar-refractivity contribution in [3.63, 3.8) is 0 Å². The quantitative estimate of drug-likeness (QED) is 0.796. The molecule has 2 N–H and O–H groups in total. The molecule has 0 saturated carbocycles. The van der Waals surface area contributed by atoms with Crippen LogP contribution in [0.15, 0.2) is 24.3 Å². The molecule has 1 aliphatic heterocycles. The second-order valence-electron chi connectivity index (χ2n) is 6.18. The van der Waals surface area contributed by atoms with Gasteiger partial charge in [0.25, 0.3) is 0 Å². The third-order valence-corrected chi connectivity index (χ3v) is 4.03. The summed E-state index contributed by atoms with van der Waals surface area (Å²) < 4.78 is 18.1. The van der Waals surface area contributed by atoms with Crippen LogP contribution in [-0.4, -0.2) is 54.8 Å². The van der Waals surface area contributed by atoms with Crippen LogP contribution >= 0.6 is 0 Å². The van der Waals surface area contributed by atoms with Gasteiger partial charge < -0.3 is 15.2 Å². The van der Waals surface area contributed by atoms with Crippen LogP contribution in [0, 0.1) is 11.7 Å². The Labute approximate surface area is 136 Å². The van der Waals surface area contributed by atoms with E-state index in [9.17, 15) is 14.3 Å². The molecule has 1 aliphatic rings. The van der Waals surface area contributed by atoms with Crippen molar-refractivity contribution < 1.29 is 19.0 Å². The van der Waals surface area contributed by atoms with Gasteiger partial charge in [-0.15, -0.1) is 0 Å². The zero-order valence-electron chi connectivity index (χ0n) is 13.5. The highest BCUT2D eigenvalue weighted by Crippen LogP contribution is 2.15. The molecule has 1 aromatic rings. The van der Waals surface area contributed by atoms with E-state index in [4.69, 9.17) is 4.74 Å². The number of carbonyl (C=O) groups is 1. The topological polar surface area (TPSA) is 61.8 Å². The number of amides is 1. The van der Waals surface area contributed by atoms with E-state index in [2.05, 4.69) is 17.1 Å². The lowest BCUT2D eigenvalue weighted by Gasteiger charge is -2.29. The predicted octanol–water partition coefficient (Wildman–Crippen LogP) is 1.41. The van der Waals surface area contributed by atoms with Crippen LogP contribution in [0.1, 0.15) is 19.8 Å². The Hall–Kier alpha value is -1.66. The summed E-state index contributed by atoms with van der Waals surface area (Å²) in [4.78, 5) is 14.0. The minimum absolute atomic E-state index is 0.0488. The number of nitrogens with zero attached hydrogens (tertiary/aromatic N) is 1. The highest BCUT2D eigenvalue weighted by Gasteiger charge is 2.18. The van der Waals surface area contributed by atoms with Gasteiger partial charge in [-0.2, -0.15) is 0 Å². The van der Waals surface area contributed by atoms with E-state index in [0.717, 1.165) is 31.8 Å². The van der Waals surface area contributed by atoms with Gasteiger partial charge in [-0.3, -0.25) is 9.69 Å². The zero-order valence-corrected chi connectivity index (χ0v) is 13.5. The molecule has 5 nitrogen and oxygen atoms in total. The monoisotopic (exact) mass is 324 g/mol. The molecule has 0 aliphatic carbocycles. The van der Waals surface area contributed by atoms with E-state index in [1.54, 1.807) is 0 Å². The summed E-state index contributed by atoms with van der Waals surface area (Å²) in [5.74, 6) is 0.802. The molecule has 1 aromatic carbocycles. The van der Waals surface area contributed by atoms with Crippen molar-refractivity contribution in [1.29, 1.82) is 0 Å². The Morgan fingerprint density at radius 2 is 2.04 bits per heavy atom. The fourth-order valence-corrected chi connectivity index (χ4v) is 2.49. The normalized spacial score (nSPS) is 17.7. The van der Waals surface area contributed by atoms with Crippen LogP contribution in [0.4, 0.5) is 4.39 Å². The van der Waals surface area contributed by atoms with Crippen LogP contribution in [-0.2, 0) is 4.79 Å². The Morgan fingerprint density at radius 1 is 1.39 bits per heavy atom. The van der Waals surface area contributed by atoms with Crippen molar-refractivity contribution in [2.45, 2.75) is 25.9 Å². The number of ether oxygens (including phenoxy) is 1. The van der Waals surface area contributed by atoms with Gasteiger partial charge in [0.15, 0.2) is 0 Å². The average Bonchev–Trinajstić information content (AvgIpc) is 2.54. The summed E-state index contributed by atoms with van der Waals surface area (Å²) in [5, 5.41) is 12.5. The summed E-state index contributed by atoms with van der Waals surface area (Å²) in [6.45, 7) is 4.69. The maximum absolute atomic E-state index is 12.8. The van der Waals surface area contributed by atoms with Crippen LogP contribution < -0.4 is 10.1 Å². The molecule has 1 heterocycles. The second-order valence-corrected chi connectivity index (χ2v) is 6.18. The van der Waals surface area contributed by atoms with E-state index >= 15 is 0 Å². The Morgan fingerprint density at radius 3 is 2.70 bits per heavy atom. The van der Waals surface area contributed by atoms with Crippen molar-refractivity contribution in [3.05, 3.63) is 30.1 Å². The van der Waals surface area contributed by atoms with Gasteiger partial charge in [-0.25, -0.2) is 4.39 Å². The number of aliphatic hydroxyl groups is 1. The molecule has 1 fully saturated rings. The van der Waals surface area contributed by atoms with Crippen LogP contribution in [0.5, 0.6) is 5.75 Å². The van der Waals surface area contributed by atoms with E-state index in [1.807, 2.05) is 0 Å². The summed E-state index contributed by atoms with van der Waals surface area (Å²) in [5.41, 5.74) is 0. The van der Waals surface area contributed by atoms with Crippen molar-refractivity contribution >= 4 is 5.91 Å². The van der Waals surface area contributed by atoms with Crippen LogP contribution in [0.3, 0.4) is 0 Å². The molecule has 0 spiro atoms. The minimum atomic E-state index is -0.801. The molecule has 0 bridgehead atoms. The number of likely N-dealkylation sites (tertiary alicyclic amines) is 1. The van der Waals surface area contributed by atoms with Gasteiger partial charge in [0.1, 0.15) is 24.3 Å². The molecule has 6 heteroatoms. The Bertz CT molecular complexity index is 487. The van der Waals surface area contributed by atoms with Crippen LogP contribution in [0.25, 0.3) is 0 Å². The molecule has 128 valence electrons. The van der Waals surface area contributed by atoms with Crippen LogP contribution in [0.2, 0.25) is 0 Å². The first-order chi connectivity index (χ1) is 11.0. The summed E-state index contributed by atoms with van der Waals surface area (Å²) in [6.07, 6.45) is 1.45.